The monoisotopic (exact) mass is 479 g/mol. The maximum Gasteiger partial charge on any atom is 0.0742 e. The first-order valence-corrected chi connectivity index (χ1v) is 13.2. The van der Waals surface area contributed by atoms with Gasteiger partial charge in [0.2, 0.25) is 0 Å². The van der Waals surface area contributed by atoms with Crippen LogP contribution in [0.5, 0.6) is 0 Å². The van der Waals surface area contributed by atoms with Crippen molar-refractivity contribution in [1.29, 1.82) is 0 Å². The van der Waals surface area contributed by atoms with Crippen LogP contribution in [0.15, 0.2) is 133 Å². The molecule has 6 rings (SSSR count). The first-order valence-electron chi connectivity index (χ1n) is 13.2. The molecule has 1 aliphatic rings. The molecule has 37 heavy (non-hydrogen) atoms. The first kappa shape index (κ1) is 23.3. The summed E-state index contributed by atoms with van der Waals surface area (Å²) < 4.78 is 0. The van der Waals surface area contributed by atoms with Gasteiger partial charge in [0.25, 0.3) is 0 Å². The Morgan fingerprint density at radius 3 is 1.65 bits per heavy atom. The smallest absolute Gasteiger partial charge is 0.0742 e. The average molecular weight is 480 g/mol. The molecule has 1 nitrogen and oxygen atoms in total. The number of rotatable bonds is 4. The Bertz CT molecular complexity index is 1480. The summed E-state index contributed by atoms with van der Waals surface area (Å²) in [6.45, 7) is 6.95. The quantitative estimate of drug-likeness (QED) is 0.243. The lowest BCUT2D eigenvalue weighted by Crippen LogP contribution is -2.37. The van der Waals surface area contributed by atoms with E-state index in [0.717, 1.165) is 6.42 Å². The molecule has 0 saturated heterocycles. The maximum absolute atomic E-state index is 2.45. The van der Waals surface area contributed by atoms with Crippen LogP contribution in [-0.4, -0.2) is 0 Å². The normalized spacial score (nSPS) is 14.1. The van der Waals surface area contributed by atoms with Gasteiger partial charge in [-0.1, -0.05) is 130 Å². The molecular weight excluding hydrogens is 446 g/mol. The minimum absolute atomic E-state index is 0.213. The van der Waals surface area contributed by atoms with E-state index in [1.54, 1.807) is 0 Å². The number of nitrogens with zero attached hydrogens (tertiary/aromatic N) is 1. The van der Waals surface area contributed by atoms with Gasteiger partial charge in [0.05, 0.1) is 16.8 Å². The molecule has 5 aromatic rings. The second-order valence-corrected chi connectivity index (χ2v) is 11.3. The number of fused-ring (bicyclic) bond motifs is 2. The lowest BCUT2D eigenvalue weighted by Gasteiger charge is -2.46. The van der Waals surface area contributed by atoms with Crippen molar-refractivity contribution in [2.45, 2.75) is 32.6 Å². The van der Waals surface area contributed by atoms with Gasteiger partial charge in [0.1, 0.15) is 0 Å². The summed E-state index contributed by atoms with van der Waals surface area (Å²) in [5.74, 6) is 0. The summed E-state index contributed by atoms with van der Waals surface area (Å²) in [6.07, 6.45) is 1.03. The molecule has 0 spiro atoms. The Labute approximate surface area is 221 Å². The third-order valence-corrected chi connectivity index (χ3v) is 7.41. The van der Waals surface area contributed by atoms with Crippen LogP contribution in [0.25, 0.3) is 0 Å². The fraction of sp³-hybridized carbons (Fsp3) is 0.167. The first-order chi connectivity index (χ1) is 18.0. The van der Waals surface area contributed by atoms with Gasteiger partial charge in [0, 0.05) is 5.69 Å². The van der Waals surface area contributed by atoms with E-state index >= 15 is 0 Å². The molecule has 0 radical (unpaired) electrons. The van der Waals surface area contributed by atoms with E-state index in [1.165, 1.54) is 44.9 Å². The van der Waals surface area contributed by atoms with Crippen LogP contribution in [0.4, 0.5) is 17.1 Å². The standard InChI is InChI=1S/C36H33N/c1-35(2,3)26-27-15-14-18-29(25-27)36(28-16-6-4-7-17-28)31-21-10-12-23-33(31)37(30-19-8-5-9-20-30)34-24-13-11-22-32(34)36/h4-25H,26H2,1-3H3. The third-order valence-electron chi connectivity index (χ3n) is 7.41. The van der Waals surface area contributed by atoms with Crippen molar-refractivity contribution in [3.05, 3.63) is 161 Å². The van der Waals surface area contributed by atoms with Gasteiger partial charge in [-0.15, -0.1) is 0 Å². The molecule has 5 aromatic carbocycles. The number of benzene rings is 5. The SMILES string of the molecule is CC(C)(C)Cc1cccc(C2(c3ccccc3)c3ccccc3N(c3ccccc3)c3ccccc32)c1. The Morgan fingerprint density at radius 2 is 1.05 bits per heavy atom. The molecule has 0 unspecified atom stereocenters. The zero-order valence-corrected chi connectivity index (χ0v) is 21.9. The van der Waals surface area contributed by atoms with E-state index in [2.05, 4.69) is 159 Å². The molecule has 0 aromatic heterocycles. The van der Waals surface area contributed by atoms with Crippen molar-refractivity contribution in [2.24, 2.45) is 5.41 Å². The van der Waals surface area contributed by atoms with Crippen LogP contribution in [-0.2, 0) is 11.8 Å². The van der Waals surface area contributed by atoms with Gasteiger partial charge in [-0.05, 0) is 63.9 Å². The number of hydrogen-bond donors (Lipinski definition) is 0. The lowest BCUT2D eigenvalue weighted by molar-refractivity contribution is 0.411. The summed E-state index contributed by atoms with van der Waals surface area (Å²) in [7, 11) is 0. The highest BCUT2D eigenvalue weighted by Gasteiger charge is 2.46. The molecule has 1 aliphatic heterocycles. The summed E-state index contributed by atoms with van der Waals surface area (Å²) in [5.41, 5.74) is 9.97. The molecule has 0 aliphatic carbocycles. The van der Waals surface area contributed by atoms with Gasteiger partial charge in [-0.3, -0.25) is 0 Å². The molecule has 0 saturated carbocycles. The van der Waals surface area contributed by atoms with E-state index in [-0.39, 0.29) is 5.41 Å². The Kier molecular flexibility index (Phi) is 5.72. The average Bonchev–Trinajstić information content (AvgIpc) is 2.92. The van der Waals surface area contributed by atoms with Crippen molar-refractivity contribution < 1.29 is 0 Å². The summed E-state index contributed by atoms with van der Waals surface area (Å²) in [6, 6.07) is 49.0. The predicted octanol–water partition coefficient (Wildman–Crippen LogP) is 9.44. The van der Waals surface area contributed by atoms with E-state index in [9.17, 15) is 0 Å². The van der Waals surface area contributed by atoms with Crippen molar-refractivity contribution >= 4 is 17.1 Å². The molecule has 0 atom stereocenters. The van der Waals surface area contributed by atoms with E-state index in [4.69, 9.17) is 0 Å². The van der Waals surface area contributed by atoms with Crippen LogP contribution in [0.1, 0.15) is 48.6 Å². The van der Waals surface area contributed by atoms with Crippen LogP contribution in [0.3, 0.4) is 0 Å². The Balaban J connectivity index is 1.72. The van der Waals surface area contributed by atoms with Crippen molar-refractivity contribution in [1.82, 2.24) is 0 Å². The minimum atomic E-state index is -0.437. The van der Waals surface area contributed by atoms with E-state index in [1.807, 2.05) is 0 Å². The summed E-state index contributed by atoms with van der Waals surface area (Å²) in [5, 5.41) is 0. The zero-order chi connectivity index (χ0) is 25.5. The van der Waals surface area contributed by atoms with Gasteiger partial charge >= 0.3 is 0 Å². The maximum atomic E-state index is 2.45. The number of anilines is 3. The second kappa shape index (κ2) is 9.09. The van der Waals surface area contributed by atoms with Crippen molar-refractivity contribution in [2.75, 3.05) is 4.90 Å². The van der Waals surface area contributed by atoms with Crippen molar-refractivity contribution in [3.63, 3.8) is 0 Å². The fourth-order valence-corrected chi connectivity index (χ4v) is 6.11. The highest BCUT2D eigenvalue weighted by molar-refractivity contribution is 5.89. The largest absolute Gasteiger partial charge is 0.310 e. The molecule has 1 heterocycles. The van der Waals surface area contributed by atoms with E-state index in [0.29, 0.717) is 0 Å². The minimum Gasteiger partial charge on any atom is -0.310 e. The van der Waals surface area contributed by atoms with Crippen LogP contribution in [0.2, 0.25) is 0 Å². The fourth-order valence-electron chi connectivity index (χ4n) is 6.11. The summed E-state index contributed by atoms with van der Waals surface area (Å²) in [4.78, 5) is 2.42. The van der Waals surface area contributed by atoms with Crippen LogP contribution >= 0.6 is 0 Å². The third kappa shape index (κ3) is 3.96. The lowest BCUT2D eigenvalue weighted by atomic mass is 9.62. The predicted molar refractivity (Wildman–Crippen MR) is 156 cm³/mol. The number of hydrogen-bond acceptors (Lipinski definition) is 1. The molecule has 0 N–H and O–H groups in total. The van der Waals surface area contributed by atoms with Gasteiger partial charge in [-0.2, -0.15) is 0 Å². The molecule has 1 heteroatoms. The second-order valence-electron chi connectivity index (χ2n) is 11.3. The van der Waals surface area contributed by atoms with Gasteiger partial charge in [-0.25, -0.2) is 0 Å². The van der Waals surface area contributed by atoms with E-state index < -0.39 is 5.41 Å². The number of para-hydroxylation sites is 3. The van der Waals surface area contributed by atoms with Crippen LogP contribution < -0.4 is 4.90 Å². The molecule has 0 amide bonds. The van der Waals surface area contributed by atoms with Crippen LogP contribution in [0, 0.1) is 5.41 Å². The molecule has 182 valence electrons. The van der Waals surface area contributed by atoms with Gasteiger partial charge in [0.15, 0.2) is 0 Å². The van der Waals surface area contributed by atoms with Gasteiger partial charge < -0.3 is 4.90 Å². The summed E-state index contributed by atoms with van der Waals surface area (Å²) >= 11 is 0. The Hall–Kier alpha value is -4.10. The molecule has 0 fully saturated rings. The zero-order valence-electron chi connectivity index (χ0n) is 21.9. The highest BCUT2D eigenvalue weighted by Crippen LogP contribution is 2.57. The Morgan fingerprint density at radius 1 is 0.541 bits per heavy atom. The highest BCUT2D eigenvalue weighted by atomic mass is 15.2. The topological polar surface area (TPSA) is 3.24 Å². The van der Waals surface area contributed by atoms with Crippen molar-refractivity contribution in [3.8, 4) is 0 Å². The molecular formula is C36H33N. The molecule has 0 bridgehead atoms.